The molecule has 1 N–H and O–H groups in total. The third-order valence-electron chi connectivity index (χ3n) is 4.11. The van der Waals surface area contributed by atoms with Gasteiger partial charge in [0.05, 0.1) is 5.56 Å². The molecule has 1 heterocycles. The van der Waals surface area contributed by atoms with Crippen molar-refractivity contribution < 1.29 is 18.0 Å². The zero-order chi connectivity index (χ0) is 17.2. The number of hydrogen-bond donors (Lipinski definition) is 1. The summed E-state index contributed by atoms with van der Waals surface area (Å²) in [6.07, 6.45) is -3.48. The number of benzene rings is 1. The van der Waals surface area contributed by atoms with Crippen molar-refractivity contribution in [2.24, 2.45) is 0 Å². The van der Waals surface area contributed by atoms with Crippen molar-refractivity contribution in [1.82, 2.24) is 9.80 Å². The van der Waals surface area contributed by atoms with Crippen molar-refractivity contribution in [3.05, 3.63) is 29.3 Å². The van der Waals surface area contributed by atoms with E-state index in [1.54, 1.807) is 0 Å². The molecule has 0 radical (unpaired) electrons. The van der Waals surface area contributed by atoms with Crippen molar-refractivity contribution in [1.29, 1.82) is 0 Å². The molecule has 0 saturated carbocycles. The third-order valence-corrected chi connectivity index (χ3v) is 4.11. The molecule has 128 valence electrons. The van der Waals surface area contributed by atoms with Crippen LogP contribution in [0.2, 0.25) is 0 Å². The third kappa shape index (κ3) is 4.68. The molecule has 0 aromatic heterocycles. The van der Waals surface area contributed by atoms with Crippen LogP contribution in [-0.4, -0.2) is 48.9 Å². The lowest BCUT2D eigenvalue weighted by molar-refractivity contribution is -0.138. The summed E-state index contributed by atoms with van der Waals surface area (Å²) in [5, 5.41) is 2.40. The van der Waals surface area contributed by atoms with Crippen molar-refractivity contribution in [2.45, 2.75) is 32.1 Å². The van der Waals surface area contributed by atoms with Gasteiger partial charge in [0.1, 0.15) is 0 Å². The van der Waals surface area contributed by atoms with E-state index in [1.165, 1.54) is 19.1 Å². The van der Waals surface area contributed by atoms with Gasteiger partial charge in [-0.15, -0.1) is 0 Å². The van der Waals surface area contributed by atoms with Gasteiger partial charge in [0.15, 0.2) is 0 Å². The zero-order valence-electron chi connectivity index (χ0n) is 13.6. The minimum absolute atomic E-state index is 0.168. The van der Waals surface area contributed by atoms with Crippen molar-refractivity contribution in [2.75, 3.05) is 32.5 Å². The number of hydrogen-bond acceptors (Lipinski definition) is 3. The van der Waals surface area contributed by atoms with E-state index in [1.807, 2.05) is 19.0 Å². The van der Waals surface area contributed by atoms with Gasteiger partial charge in [-0.05, 0) is 38.2 Å². The van der Waals surface area contributed by atoms with E-state index in [0.29, 0.717) is 6.04 Å². The first kappa shape index (κ1) is 17.7. The number of alkyl halides is 3. The van der Waals surface area contributed by atoms with E-state index in [9.17, 15) is 18.0 Å². The number of halogens is 3. The lowest BCUT2D eigenvalue weighted by Crippen LogP contribution is -2.31. The normalized spacial score (nSPS) is 19.3. The lowest BCUT2D eigenvalue weighted by Gasteiger charge is -2.22. The summed E-state index contributed by atoms with van der Waals surface area (Å²) in [6, 6.07) is 4.36. The molecule has 0 aliphatic carbocycles. The molecule has 0 unspecified atom stereocenters. The fourth-order valence-corrected chi connectivity index (χ4v) is 2.88. The van der Waals surface area contributed by atoms with Gasteiger partial charge < -0.3 is 10.2 Å². The number of nitrogens with one attached hydrogen (secondary N) is 1. The molecule has 2 rings (SSSR count). The number of amides is 1. The highest BCUT2D eigenvalue weighted by molar-refractivity contribution is 5.88. The molecule has 1 saturated heterocycles. The maximum Gasteiger partial charge on any atom is 0.416 e. The van der Waals surface area contributed by atoms with Crippen LogP contribution in [0.1, 0.15) is 24.5 Å². The summed E-state index contributed by atoms with van der Waals surface area (Å²) in [5.74, 6) is -0.390. The molecular formula is C16H22F3N3O. The molecule has 1 amide bonds. The van der Waals surface area contributed by atoms with Crippen molar-refractivity contribution in [3.8, 4) is 0 Å². The van der Waals surface area contributed by atoms with Gasteiger partial charge in [-0.1, -0.05) is 6.07 Å². The molecule has 1 aliphatic rings. The summed E-state index contributed by atoms with van der Waals surface area (Å²) in [6.45, 7) is 3.08. The van der Waals surface area contributed by atoms with Crippen LogP contribution in [0.25, 0.3) is 0 Å². The molecule has 1 aromatic carbocycles. The molecule has 7 heteroatoms. The Kier molecular flexibility index (Phi) is 5.31. The van der Waals surface area contributed by atoms with Gasteiger partial charge in [0.2, 0.25) is 5.91 Å². The van der Waals surface area contributed by atoms with Gasteiger partial charge in [-0.25, -0.2) is 0 Å². The van der Waals surface area contributed by atoms with Crippen LogP contribution in [0, 0.1) is 0 Å². The van der Waals surface area contributed by atoms with Crippen LogP contribution in [0.4, 0.5) is 18.9 Å². The molecule has 1 aromatic rings. The fraction of sp³-hybridized carbons (Fsp3) is 0.562. The molecule has 0 bridgehead atoms. The molecule has 0 spiro atoms. The highest BCUT2D eigenvalue weighted by atomic mass is 19.4. The average Bonchev–Trinajstić information content (AvgIpc) is 2.87. The Labute approximate surface area is 134 Å². The average molecular weight is 329 g/mol. The summed E-state index contributed by atoms with van der Waals surface area (Å²) >= 11 is 0. The summed E-state index contributed by atoms with van der Waals surface area (Å²) < 4.78 is 39.9. The van der Waals surface area contributed by atoms with E-state index >= 15 is 0 Å². The van der Waals surface area contributed by atoms with E-state index in [4.69, 9.17) is 0 Å². The maximum atomic E-state index is 13.3. The molecule has 1 atom stereocenters. The van der Waals surface area contributed by atoms with Crippen LogP contribution in [0.15, 0.2) is 18.2 Å². The maximum absolute atomic E-state index is 13.3. The Morgan fingerprint density at radius 3 is 2.61 bits per heavy atom. The van der Waals surface area contributed by atoms with Crippen molar-refractivity contribution in [3.63, 3.8) is 0 Å². The summed E-state index contributed by atoms with van der Waals surface area (Å²) in [4.78, 5) is 15.2. The van der Waals surface area contributed by atoms with E-state index in [2.05, 4.69) is 10.2 Å². The number of carbonyl (C=O) groups excluding carboxylic acids is 1. The minimum atomic E-state index is -4.44. The van der Waals surface area contributed by atoms with Gasteiger partial charge in [-0.3, -0.25) is 9.69 Å². The summed E-state index contributed by atoms with van der Waals surface area (Å²) in [7, 11) is 3.97. The Morgan fingerprint density at radius 1 is 1.39 bits per heavy atom. The first-order valence-electron chi connectivity index (χ1n) is 7.53. The monoisotopic (exact) mass is 329 g/mol. The van der Waals surface area contributed by atoms with Gasteiger partial charge >= 0.3 is 6.18 Å². The van der Waals surface area contributed by atoms with Crippen LogP contribution in [0.3, 0.4) is 0 Å². The van der Waals surface area contributed by atoms with E-state index in [0.717, 1.165) is 25.6 Å². The Balaban J connectivity index is 2.19. The molecule has 1 fully saturated rings. The Bertz CT molecular complexity index is 572. The second kappa shape index (κ2) is 6.88. The smallest absolute Gasteiger partial charge is 0.326 e. The zero-order valence-corrected chi connectivity index (χ0v) is 13.6. The van der Waals surface area contributed by atoms with Gasteiger partial charge in [0.25, 0.3) is 0 Å². The quantitative estimate of drug-likeness (QED) is 0.923. The minimum Gasteiger partial charge on any atom is -0.326 e. The first-order chi connectivity index (χ1) is 10.7. The predicted molar refractivity (Wildman–Crippen MR) is 83.1 cm³/mol. The Morgan fingerprint density at radius 2 is 2.09 bits per heavy atom. The molecule has 23 heavy (non-hydrogen) atoms. The van der Waals surface area contributed by atoms with Gasteiger partial charge in [0, 0.05) is 38.3 Å². The number of carbonyl (C=O) groups is 1. The number of anilines is 1. The largest absolute Gasteiger partial charge is 0.416 e. The molecular weight excluding hydrogens is 307 g/mol. The van der Waals surface area contributed by atoms with Crippen LogP contribution in [-0.2, 0) is 17.5 Å². The highest BCUT2D eigenvalue weighted by Gasteiger charge is 2.35. The number of likely N-dealkylation sites (tertiary alicyclic amines) is 1. The SMILES string of the molecule is CC(=O)Nc1ccc(CN2CC[C@H](N(C)C)C2)c(C(F)(F)F)c1. The fourth-order valence-electron chi connectivity index (χ4n) is 2.88. The number of likely N-dealkylation sites (N-methyl/N-ethyl adjacent to an activating group) is 1. The predicted octanol–water partition coefficient (Wildman–Crippen LogP) is 2.80. The highest BCUT2D eigenvalue weighted by Crippen LogP contribution is 2.35. The van der Waals surface area contributed by atoms with Crippen LogP contribution in [0.5, 0.6) is 0 Å². The van der Waals surface area contributed by atoms with Crippen molar-refractivity contribution >= 4 is 11.6 Å². The first-order valence-corrected chi connectivity index (χ1v) is 7.53. The second-order valence-electron chi connectivity index (χ2n) is 6.19. The second-order valence-corrected chi connectivity index (χ2v) is 6.19. The van der Waals surface area contributed by atoms with Gasteiger partial charge in [-0.2, -0.15) is 13.2 Å². The molecule has 1 aliphatic heterocycles. The standard InChI is InChI=1S/C16H22F3N3O/c1-11(23)20-13-5-4-12(15(8-13)16(17,18)19)9-22-7-6-14(10-22)21(2)3/h4-5,8,14H,6-7,9-10H2,1-3H3,(H,20,23)/t14-/m0/s1. The topological polar surface area (TPSA) is 35.6 Å². The summed E-state index contributed by atoms with van der Waals surface area (Å²) in [5.41, 5.74) is -0.274. The molecule has 4 nitrogen and oxygen atoms in total. The Hall–Kier alpha value is -1.60. The van der Waals surface area contributed by atoms with Crippen LogP contribution >= 0.6 is 0 Å². The van der Waals surface area contributed by atoms with E-state index in [-0.39, 0.29) is 23.7 Å². The van der Waals surface area contributed by atoms with Crippen LogP contribution < -0.4 is 5.32 Å². The number of nitrogens with zero attached hydrogens (tertiary/aromatic N) is 2. The van der Waals surface area contributed by atoms with E-state index < -0.39 is 11.7 Å². The lowest BCUT2D eigenvalue weighted by atomic mass is 10.1. The number of rotatable bonds is 4.